The molecule has 0 N–H and O–H groups in total. The molecular formula is C10H15BrN2OS. The van der Waals surface area contributed by atoms with Crippen molar-refractivity contribution in [3.8, 4) is 0 Å². The number of nitrogens with zero attached hydrogens (tertiary/aromatic N) is 2. The van der Waals surface area contributed by atoms with Crippen LogP contribution in [0.1, 0.15) is 29.4 Å². The smallest absolute Gasteiger partial charge is 0.265 e. The van der Waals surface area contributed by atoms with E-state index in [2.05, 4.69) is 27.8 Å². The Kier molecular flexibility index (Phi) is 5.86. The highest BCUT2D eigenvalue weighted by atomic mass is 79.9. The van der Waals surface area contributed by atoms with Gasteiger partial charge in [-0.2, -0.15) is 0 Å². The fraction of sp³-hybridized carbons (Fsp3) is 0.600. The number of hydrogen-bond acceptors (Lipinski definition) is 3. The van der Waals surface area contributed by atoms with E-state index in [0.717, 1.165) is 36.1 Å². The van der Waals surface area contributed by atoms with E-state index in [1.807, 2.05) is 4.90 Å². The number of carbonyl (C=O) groups is 1. The molecule has 0 aromatic carbocycles. The lowest BCUT2D eigenvalue weighted by Gasteiger charge is -2.20. The second-order valence-electron chi connectivity index (χ2n) is 3.20. The average molecular weight is 291 g/mol. The van der Waals surface area contributed by atoms with Gasteiger partial charge in [0.15, 0.2) is 0 Å². The topological polar surface area (TPSA) is 33.2 Å². The Morgan fingerprint density at radius 2 is 2.40 bits per heavy atom. The van der Waals surface area contributed by atoms with Crippen molar-refractivity contribution in [2.75, 3.05) is 18.4 Å². The summed E-state index contributed by atoms with van der Waals surface area (Å²) in [6.45, 7) is 3.72. The van der Waals surface area contributed by atoms with Crippen molar-refractivity contribution >= 4 is 33.2 Å². The van der Waals surface area contributed by atoms with Gasteiger partial charge in [-0.25, -0.2) is 0 Å². The Hall–Kier alpha value is -0.420. The quantitative estimate of drug-likeness (QED) is 0.755. The zero-order valence-corrected chi connectivity index (χ0v) is 11.2. The summed E-state index contributed by atoms with van der Waals surface area (Å²) in [4.78, 5) is 18.5. The largest absolute Gasteiger partial charge is 0.337 e. The number of halogens is 1. The lowest BCUT2D eigenvalue weighted by Crippen LogP contribution is -2.33. The number of rotatable bonds is 6. The summed E-state index contributed by atoms with van der Waals surface area (Å²) >= 11 is 4.77. The van der Waals surface area contributed by atoms with Crippen molar-refractivity contribution < 1.29 is 4.79 Å². The van der Waals surface area contributed by atoms with Gasteiger partial charge in [-0.15, -0.1) is 11.3 Å². The monoisotopic (exact) mass is 290 g/mol. The molecule has 0 unspecified atom stereocenters. The molecule has 0 aliphatic carbocycles. The SMILES string of the molecule is CCCCN(CCBr)C(=O)c1cncs1. The van der Waals surface area contributed by atoms with Crippen LogP contribution in [0, 0.1) is 0 Å². The molecule has 84 valence electrons. The summed E-state index contributed by atoms with van der Waals surface area (Å²) in [5.41, 5.74) is 1.69. The first-order valence-corrected chi connectivity index (χ1v) is 7.03. The fourth-order valence-corrected chi connectivity index (χ4v) is 2.26. The Labute approximate surface area is 103 Å². The Morgan fingerprint density at radius 3 is 2.93 bits per heavy atom. The molecule has 1 rings (SSSR count). The highest BCUT2D eigenvalue weighted by Gasteiger charge is 2.15. The molecule has 1 amide bonds. The lowest BCUT2D eigenvalue weighted by atomic mass is 10.3. The number of aromatic nitrogens is 1. The predicted octanol–water partition coefficient (Wildman–Crippen LogP) is 2.78. The molecule has 0 spiro atoms. The normalized spacial score (nSPS) is 10.3. The maximum Gasteiger partial charge on any atom is 0.265 e. The van der Waals surface area contributed by atoms with Gasteiger partial charge in [0.05, 0.1) is 11.7 Å². The molecule has 0 aliphatic rings. The number of carbonyl (C=O) groups excluding carboxylic acids is 1. The first-order chi connectivity index (χ1) is 7.29. The van der Waals surface area contributed by atoms with E-state index in [-0.39, 0.29) is 5.91 Å². The van der Waals surface area contributed by atoms with E-state index in [4.69, 9.17) is 0 Å². The van der Waals surface area contributed by atoms with Crippen LogP contribution in [0.3, 0.4) is 0 Å². The molecule has 0 aliphatic heterocycles. The van der Waals surface area contributed by atoms with Crippen LogP contribution in [0.5, 0.6) is 0 Å². The van der Waals surface area contributed by atoms with Crippen molar-refractivity contribution in [3.63, 3.8) is 0 Å². The van der Waals surface area contributed by atoms with E-state index in [1.165, 1.54) is 11.3 Å². The second kappa shape index (κ2) is 6.95. The third-order valence-electron chi connectivity index (χ3n) is 2.07. The van der Waals surface area contributed by atoms with Gasteiger partial charge in [0.25, 0.3) is 5.91 Å². The van der Waals surface area contributed by atoms with Gasteiger partial charge >= 0.3 is 0 Å². The lowest BCUT2D eigenvalue weighted by molar-refractivity contribution is 0.0769. The first kappa shape index (κ1) is 12.6. The molecule has 5 heteroatoms. The summed E-state index contributed by atoms with van der Waals surface area (Å²) < 4.78 is 0. The van der Waals surface area contributed by atoms with Crippen molar-refractivity contribution in [2.24, 2.45) is 0 Å². The van der Waals surface area contributed by atoms with Gasteiger partial charge < -0.3 is 4.90 Å². The zero-order valence-electron chi connectivity index (χ0n) is 8.78. The summed E-state index contributed by atoms with van der Waals surface area (Å²) in [5, 5.41) is 0.821. The van der Waals surface area contributed by atoms with Crippen molar-refractivity contribution in [1.29, 1.82) is 0 Å². The van der Waals surface area contributed by atoms with Crippen LogP contribution in [0.2, 0.25) is 0 Å². The molecule has 0 bridgehead atoms. The average Bonchev–Trinajstić information content (AvgIpc) is 2.76. The molecule has 0 fully saturated rings. The highest BCUT2D eigenvalue weighted by molar-refractivity contribution is 9.09. The third-order valence-corrected chi connectivity index (χ3v) is 3.18. The van der Waals surface area contributed by atoms with E-state index < -0.39 is 0 Å². The van der Waals surface area contributed by atoms with Crippen LogP contribution < -0.4 is 0 Å². The summed E-state index contributed by atoms with van der Waals surface area (Å²) in [5.74, 6) is 0.102. The Balaban J connectivity index is 2.58. The summed E-state index contributed by atoms with van der Waals surface area (Å²) in [6, 6.07) is 0. The first-order valence-electron chi connectivity index (χ1n) is 5.03. The van der Waals surface area contributed by atoms with E-state index in [1.54, 1.807) is 11.7 Å². The fourth-order valence-electron chi connectivity index (χ4n) is 1.24. The molecule has 1 aromatic heterocycles. The van der Waals surface area contributed by atoms with E-state index >= 15 is 0 Å². The molecular weight excluding hydrogens is 276 g/mol. The number of unbranched alkanes of at least 4 members (excludes halogenated alkanes) is 1. The number of thiazole rings is 1. The molecule has 0 saturated heterocycles. The third kappa shape index (κ3) is 3.91. The van der Waals surface area contributed by atoms with Crippen LogP contribution >= 0.6 is 27.3 Å². The van der Waals surface area contributed by atoms with Crippen LogP contribution in [0.4, 0.5) is 0 Å². The maximum atomic E-state index is 12.0. The van der Waals surface area contributed by atoms with E-state index in [0.29, 0.717) is 0 Å². The Bertz CT molecular complexity index is 290. The van der Waals surface area contributed by atoms with Crippen molar-refractivity contribution in [1.82, 2.24) is 9.88 Å². The highest BCUT2D eigenvalue weighted by Crippen LogP contribution is 2.10. The van der Waals surface area contributed by atoms with Crippen LogP contribution in [-0.4, -0.2) is 34.2 Å². The molecule has 1 heterocycles. The van der Waals surface area contributed by atoms with Gasteiger partial charge in [-0.1, -0.05) is 29.3 Å². The Morgan fingerprint density at radius 1 is 1.60 bits per heavy atom. The maximum absolute atomic E-state index is 12.0. The minimum Gasteiger partial charge on any atom is -0.337 e. The summed E-state index contributed by atoms with van der Waals surface area (Å²) in [7, 11) is 0. The van der Waals surface area contributed by atoms with Crippen molar-refractivity contribution in [3.05, 3.63) is 16.6 Å². The zero-order chi connectivity index (χ0) is 11.1. The molecule has 3 nitrogen and oxygen atoms in total. The predicted molar refractivity (Wildman–Crippen MR) is 66.7 cm³/mol. The van der Waals surface area contributed by atoms with Crippen LogP contribution in [0.25, 0.3) is 0 Å². The van der Waals surface area contributed by atoms with Gasteiger partial charge in [-0.3, -0.25) is 9.78 Å². The molecule has 0 radical (unpaired) electrons. The standard InChI is InChI=1S/C10H15BrN2OS/c1-2-3-5-13(6-4-11)10(14)9-7-12-8-15-9/h7-8H,2-6H2,1H3. The molecule has 15 heavy (non-hydrogen) atoms. The van der Waals surface area contributed by atoms with E-state index in [9.17, 15) is 4.79 Å². The van der Waals surface area contributed by atoms with Gasteiger partial charge in [-0.05, 0) is 6.42 Å². The second-order valence-corrected chi connectivity index (χ2v) is 4.88. The number of hydrogen-bond donors (Lipinski definition) is 0. The molecule has 1 aromatic rings. The number of amides is 1. The van der Waals surface area contributed by atoms with Gasteiger partial charge in [0.2, 0.25) is 0 Å². The minimum absolute atomic E-state index is 0.102. The van der Waals surface area contributed by atoms with Gasteiger partial charge in [0.1, 0.15) is 4.88 Å². The molecule has 0 atom stereocenters. The minimum atomic E-state index is 0.102. The van der Waals surface area contributed by atoms with Gasteiger partial charge in [0, 0.05) is 18.4 Å². The van der Waals surface area contributed by atoms with Crippen LogP contribution in [0.15, 0.2) is 11.7 Å². The van der Waals surface area contributed by atoms with Crippen LogP contribution in [-0.2, 0) is 0 Å². The van der Waals surface area contributed by atoms with Crippen molar-refractivity contribution in [2.45, 2.75) is 19.8 Å². The molecule has 0 saturated carbocycles. The summed E-state index contributed by atoms with van der Waals surface area (Å²) in [6.07, 6.45) is 3.80. The number of alkyl halides is 1.